The number of hydrogen-bond donors (Lipinski definition) is 5. The van der Waals surface area contributed by atoms with Gasteiger partial charge in [-0.05, 0) is 136 Å². The number of aliphatic carboxylic acids is 1. The van der Waals surface area contributed by atoms with E-state index in [1.165, 1.54) is 61.4 Å². The molecule has 12 nitrogen and oxygen atoms in total. The molecule has 1 heterocycles. The third kappa shape index (κ3) is 28.3. The number of amides is 2. The molecule has 566 valence electrons. The van der Waals surface area contributed by atoms with Crippen molar-refractivity contribution in [3.63, 3.8) is 0 Å². The third-order valence-electron chi connectivity index (χ3n) is 14.9. The Balaban J connectivity index is 0.000000542. The topological polar surface area (TPSA) is 164 Å². The molecule has 0 radical (unpaired) electrons. The van der Waals surface area contributed by atoms with Crippen LogP contribution >= 0.6 is 0 Å². The first-order valence-electron chi connectivity index (χ1n) is 30.8. The number of carbonyl (C=O) groups is 3. The van der Waals surface area contributed by atoms with Gasteiger partial charge in [-0.2, -0.15) is 61.5 Å². The van der Waals surface area contributed by atoms with Crippen LogP contribution in [0.25, 0.3) is 0 Å². The van der Waals surface area contributed by atoms with Gasteiger partial charge in [-0.1, -0.05) is 107 Å². The van der Waals surface area contributed by atoms with Gasteiger partial charge in [0.2, 0.25) is 18.0 Å². The minimum atomic E-state index is -5.38. The van der Waals surface area contributed by atoms with Gasteiger partial charge in [-0.25, -0.2) is 17.6 Å². The number of alkyl halides is 14. The molecule has 2 aliphatic rings. The van der Waals surface area contributed by atoms with Gasteiger partial charge < -0.3 is 35.7 Å². The summed E-state index contributed by atoms with van der Waals surface area (Å²) in [6, 6.07) is 24.1. The fourth-order valence-electron chi connectivity index (χ4n) is 10.2. The highest BCUT2D eigenvalue weighted by Gasteiger charge is 2.51. The van der Waals surface area contributed by atoms with Crippen molar-refractivity contribution >= 4 is 17.8 Å². The molecule has 6 aromatic rings. The Bertz CT molecular complexity index is 3640. The molecule has 2 amide bonds. The Kier molecular flexibility index (Phi) is 35.7. The second kappa shape index (κ2) is 40.8. The van der Waals surface area contributed by atoms with Crippen LogP contribution < -0.4 is 31.2 Å². The van der Waals surface area contributed by atoms with Gasteiger partial charge in [-0.15, -0.1) is 0 Å². The number of likely N-dealkylation sites (N-methyl/N-ethyl adjacent to an activating group) is 1. The maximum absolute atomic E-state index is 15.0. The molecular formula is C73H82F18N5O7+. The van der Waals surface area contributed by atoms with Crippen molar-refractivity contribution in [2.75, 3.05) is 26.8 Å². The Labute approximate surface area is 586 Å². The van der Waals surface area contributed by atoms with E-state index in [1.54, 1.807) is 59.2 Å². The number of allylic oxidation sites excluding steroid dienone is 5. The van der Waals surface area contributed by atoms with Crippen molar-refractivity contribution in [2.24, 2.45) is 5.73 Å². The van der Waals surface area contributed by atoms with Gasteiger partial charge in [0, 0.05) is 56.3 Å². The van der Waals surface area contributed by atoms with Gasteiger partial charge in [0.25, 0.3) is 5.91 Å². The van der Waals surface area contributed by atoms with Crippen LogP contribution in [0, 0.1) is 29.3 Å². The van der Waals surface area contributed by atoms with Gasteiger partial charge in [0.1, 0.15) is 46.9 Å². The zero-order valence-electron chi connectivity index (χ0n) is 55.0. The Hall–Kier alpha value is -8.96. The monoisotopic (exact) mass is 1480 g/mol. The van der Waals surface area contributed by atoms with E-state index in [0.29, 0.717) is 58.6 Å². The lowest BCUT2D eigenvalue weighted by Gasteiger charge is -2.38. The maximum atomic E-state index is 15.0. The van der Waals surface area contributed by atoms with Crippen LogP contribution in [0.5, 0.6) is 11.5 Å². The van der Waals surface area contributed by atoms with Crippen molar-refractivity contribution in [1.29, 1.82) is 0 Å². The summed E-state index contributed by atoms with van der Waals surface area (Å²) in [6.45, 7) is 14.3. The molecule has 1 fully saturated rings. The molecular weight excluding hydrogens is 1400 g/mol. The zero-order valence-corrected chi connectivity index (χ0v) is 55.0. The first-order valence-corrected chi connectivity index (χ1v) is 30.8. The molecule has 8 rings (SSSR count). The van der Waals surface area contributed by atoms with Crippen LogP contribution in [0.2, 0.25) is 0 Å². The number of carbonyl (C=O) groups excluding carboxylic acids is 2. The summed E-state index contributed by atoms with van der Waals surface area (Å²) >= 11 is 0. The van der Waals surface area contributed by atoms with Crippen LogP contribution in [0.3, 0.4) is 0 Å². The van der Waals surface area contributed by atoms with Crippen LogP contribution in [0.4, 0.5) is 79.0 Å². The molecule has 0 aromatic heterocycles. The Morgan fingerprint density at radius 2 is 1.04 bits per heavy atom. The standard InChI is InChI=1S/C33H25F9N2O3.C22H16F6NO.C8H19N.C4H6F3NO2.C4H8O.2CH4/c34-24-13-11-22(12-14-24)31(19-21-9-5-2-6-10-21,23-16-25(35)18-26(17-23)47-33(41,42)30(36)37)44-29(46)28(32(38,39)40)43-27(45)15-20-7-3-1-4-8-20;23-17-8-6-15(7-9-17)21(29,13-14-4-2-1-3-5-14)16-10-18(24)12-19(11-16)30-22(27,28)20(25)26;1-6-9(7(2)3)8(4)5;1-8-2(3(9)10)4(5,6)7;1-2-4-5-3-1;;/h1-14,16-18,28,30H,15,19H2,(H,43,45)(H,44,46);2-12,20H,13,29H2;7-8H,6H2,1-5H3;2,8H,1H3,(H,9,10);1-4H2;2*1H4/q;+1;;;;;/t28?,31-;21-;;;;;/m11...../s1. The molecule has 103 heavy (non-hydrogen) atoms. The van der Waals surface area contributed by atoms with E-state index in [9.17, 15) is 93.4 Å². The highest BCUT2D eigenvalue weighted by Crippen LogP contribution is 2.41. The number of ether oxygens (including phenoxy) is 3. The SMILES string of the molecule is C.C.C1CCOC1.CCN(C(C)C)C(C)C.CNC(C(=O)O)C(F)(F)F.N[C@](CC1=CC=[C+]C=C1)(c1ccc(F)cc1)c1cc(F)cc(OC(F)(F)C(F)F)c1.O=C(Cc1ccccc1)NC(C(=O)N[C@](Cc1ccccc1)(c1ccc(F)cc1)c1cc(F)cc(OC(F)(F)C(F)F)c1)C(F)(F)F. The Morgan fingerprint density at radius 3 is 1.41 bits per heavy atom. The van der Waals surface area contributed by atoms with E-state index in [2.05, 4.69) is 60.4 Å². The summed E-state index contributed by atoms with van der Waals surface area (Å²) in [5, 5.41) is 13.4. The lowest BCUT2D eigenvalue weighted by Crippen LogP contribution is -2.60. The van der Waals surface area contributed by atoms with Crippen LogP contribution in [0.1, 0.15) is 102 Å². The molecule has 2 unspecified atom stereocenters. The molecule has 1 aliphatic heterocycles. The first kappa shape index (κ1) is 90.1. The number of nitrogens with one attached hydrogen (secondary N) is 3. The van der Waals surface area contributed by atoms with Crippen molar-refractivity contribution in [3.8, 4) is 11.5 Å². The predicted octanol–water partition coefficient (Wildman–Crippen LogP) is 17.2. The highest BCUT2D eigenvalue weighted by atomic mass is 19.4. The van der Waals surface area contributed by atoms with E-state index in [1.807, 2.05) is 0 Å². The number of rotatable bonds is 24. The third-order valence-corrected chi connectivity index (χ3v) is 14.9. The zero-order chi connectivity index (χ0) is 75.7. The average Bonchev–Trinajstić information content (AvgIpc) is 1.12. The van der Waals surface area contributed by atoms with E-state index in [4.69, 9.17) is 15.6 Å². The number of nitrogens with zero attached hydrogens (tertiary/aromatic N) is 1. The van der Waals surface area contributed by atoms with Crippen LogP contribution in [0.15, 0.2) is 175 Å². The smallest absolute Gasteiger partial charge is 0.461 e. The number of hydrogen-bond acceptors (Lipinski definition) is 9. The molecule has 0 bridgehead atoms. The van der Waals surface area contributed by atoms with Crippen LogP contribution in [-0.4, -0.2) is 116 Å². The van der Waals surface area contributed by atoms with Crippen molar-refractivity contribution in [2.45, 2.75) is 154 Å². The summed E-state index contributed by atoms with van der Waals surface area (Å²) in [7, 11) is 0.937. The van der Waals surface area contributed by atoms with Crippen molar-refractivity contribution < 1.29 is 113 Å². The Morgan fingerprint density at radius 1 is 0.592 bits per heavy atom. The summed E-state index contributed by atoms with van der Waals surface area (Å²) in [5.74, 6) is -10.6. The molecule has 1 saturated heterocycles. The van der Waals surface area contributed by atoms with E-state index < -0.39 is 132 Å². The highest BCUT2D eigenvalue weighted by molar-refractivity contribution is 5.90. The molecule has 0 spiro atoms. The maximum Gasteiger partial charge on any atom is 0.461 e. The van der Waals surface area contributed by atoms with Crippen LogP contribution in [-0.2, 0) is 43.0 Å². The normalized spacial score (nSPS) is 14.5. The van der Waals surface area contributed by atoms with E-state index in [0.717, 1.165) is 75.3 Å². The van der Waals surface area contributed by atoms with Gasteiger partial charge in [0.05, 0.1) is 35.2 Å². The molecule has 0 saturated carbocycles. The fraction of sp³-hybridized carbons (Fsp3) is 0.384. The summed E-state index contributed by atoms with van der Waals surface area (Å²) in [4.78, 5) is 38.5. The molecule has 4 atom stereocenters. The van der Waals surface area contributed by atoms with Crippen molar-refractivity contribution in [1.82, 2.24) is 20.9 Å². The molecule has 6 aromatic carbocycles. The predicted molar refractivity (Wildman–Crippen MR) is 353 cm³/mol. The van der Waals surface area contributed by atoms with E-state index >= 15 is 0 Å². The van der Waals surface area contributed by atoms with Gasteiger partial charge in [0.15, 0.2) is 0 Å². The lowest BCUT2D eigenvalue weighted by molar-refractivity contribution is -0.253. The summed E-state index contributed by atoms with van der Waals surface area (Å²) in [6.07, 6.45) is -17.4. The second-order valence-corrected chi connectivity index (χ2v) is 23.1. The largest absolute Gasteiger partial charge is 0.480 e. The number of halogens is 18. The summed E-state index contributed by atoms with van der Waals surface area (Å²) < 4.78 is 253. The second-order valence-electron chi connectivity index (χ2n) is 23.1. The molecule has 30 heteroatoms. The van der Waals surface area contributed by atoms with Gasteiger partial charge >= 0.3 is 43.4 Å². The number of benzene rings is 6. The van der Waals surface area contributed by atoms with Crippen molar-refractivity contribution in [3.05, 3.63) is 238 Å². The van der Waals surface area contributed by atoms with Gasteiger partial charge in [-0.3, -0.25) is 24.6 Å². The van der Waals surface area contributed by atoms with E-state index in [-0.39, 0.29) is 32.4 Å². The average molecular weight is 1480 g/mol. The number of nitrogens with two attached hydrogens (primary N) is 1. The fourth-order valence-corrected chi connectivity index (χ4v) is 10.2. The minimum Gasteiger partial charge on any atom is -0.480 e. The lowest BCUT2D eigenvalue weighted by atomic mass is 9.77. The first-order chi connectivity index (χ1) is 47.2. The molecule has 6 N–H and O–H groups in total. The summed E-state index contributed by atoms with van der Waals surface area (Å²) in [5.41, 5.74) is 3.76. The molecule has 1 aliphatic carbocycles. The number of carboxylic acid groups (broad SMARTS) is 1. The number of carboxylic acids is 1. The quantitative estimate of drug-likeness (QED) is 0.0291. The minimum absolute atomic E-state index is 0.